The van der Waals surface area contributed by atoms with Crippen molar-refractivity contribution in [1.82, 2.24) is 9.97 Å². The van der Waals surface area contributed by atoms with Gasteiger partial charge in [-0.2, -0.15) is 0 Å². The van der Waals surface area contributed by atoms with Gasteiger partial charge in [-0.05, 0) is 30.7 Å². The summed E-state index contributed by atoms with van der Waals surface area (Å²) in [7, 11) is 0. The molecule has 0 saturated carbocycles. The molecule has 1 N–H and O–H groups in total. The zero-order valence-electron chi connectivity index (χ0n) is 13.0. The van der Waals surface area contributed by atoms with Gasteiger partial charge in [-0.25, -0.2) is 9.97 Å². The Kier molecular flexibility index (Phi) is 4.04. The first kappa shape index (κ1) is 15.3. The van der Waals surface area contributed by atoms with Crippen molar-refractivity contribution in [1.29, 1.82) is 0 Å². The molecule has 0 aliphatic carbocycles. The average Bonchev–Trinajstić information content (AvgIpc) is 3.01. The molecule has 118 valence electrons. The number of rotatable bonds is 3. The topological polar surface area (TPSA) is 37.8 Å². The zero-order chi connectivity index (χ0) is 16.5. The number of thiophene rings is 1. The Bertz CT molecular complexity index is 1010. The van der Waals surface area contributed by atoms with Gasteiger partial charge < -0.3 is 5.32 Å². The van der Waals surface area contributed by atoms with E-state index in [0.717, 1.165) is 31.8 Å². The molecule has 0 saturated heterocycles. The molecule has 2 heterocycles. The number of nitrogens with one attached hydrogen (secondary N) is 1. The highest BCUT2D eigenvalue weighted by Gasteiger charge is 2.13. The Labute approximate surface area is 152 Å². The first-order valence-corrected chi connectivity index (χ1v) is 9.20. The Balaban J connectivity index is 1.84. The van der Waals surface area contributed by atoms with Crippen LogP contribution < -0.4 is 5.32 Å². The molecule has 4 aromatic rings. The number of aromatic nitrogens is 2. The molecule has 0 unspecified atom stereocenters. The lowest BCUT2D eigenvalue weighted by atomic mass is 10.0. The van der Waals surface area contributed by atoms with E-state index in [1.165, 1.54) is 11.1 Å². The lowest BCUT2D eigenvalue weighted by molar-refractivity contribution is 1.23. The van der Waals surface area contributed by atoms with Gasteiger partial charge in [-0.15, -0.1) is 11.3 Å². The molecule has 0 aliphatic rings. The van der Waals surface area contributed by atoms with Gasteiger partial charge in [0, 0.05) is 21.1 Å². The Hall–Kier alpha value is -2.24. The lowest BCUT2D eigenvalue weighted by Crippen LogP contribution is -1.95. The summed E-state index contributed by atoms with van der Waals surface area (Å²) in [6.45, 7) is 2.10. The molecule has 0 amide bonds. The predicted molar refractivity (Wildman–Crippen MR) is 105 cm³/mol. The van der Waals surface area contributed by atoms with Gasteiger partial charge >= 0.3 is 0 Å². The highest BCUT2D eigenvalue weighted by molar-refractivity contribution is 9.10. The molecule has 0 bridgehead atoms. The number of hydrogen-bond acceptors (Lipinski definition) is 4. The number of aryl methyl sites for hydroxylation is 1. The highest BCUT2D eigenvalue weighted by atomic mass is 79.9. The fourth-order valence-corrected chi connectivity index (χ4v) is 3.93. The Morgan fingerprint density at radius 3 is 2.67 bits per heavy atom. The van der Waals surface area contributed by atoms with Gasteiger partial charge in [-0.3, -0.25) is 0 Å². The molecule has 0 aliphatic heterocycles. The van der Waals surface area contributed by atoms with Gasteiger partial charge in [0.2, 0.25) is 0 Å². The van der Waals surface area contributed by atoms with Gasteiger partial charge in [0.15, 0.2) is 0 Å². The van der Waals surface area contributed by atoms with Crippen molar-refractivity contribution < 1.29 is 0 Å². The van der Waals surface area contributed by atoms with Crippen molar-refractivity contribution >= 4 is 49.0 Å². The Morgan fingerprint density at radius 2 is 1.88 bits per heavy atom. The smallest absolute Gasteiger partial charge is 0.143 e. The third-order valence-corrected chi connectivity index (χ3v) is 5.20. The summed E-state index contributed by atoms with van der Waals surface area (Å²) in [6, 6.07) is 16.6. The van der Waals surface area contributed by atoms with Crippen LogP contribution in [0.5, 0.6) is 0 Å². The van der Waals surface area contributed by atoms with Crippen LogP contribution in [-0.2, 0) is 0 Å². The van der Waals surface area contributed by atoms with Crippen LogP contribution >= 0.6 is 27.3 Å². The van der Waals surface area contributed by atoms with Crippen molar-refractivity contribution in [2.24, 2.45) is 0 Å². The molecule has 5 heteroatoms. The summed E-state index contributed by atoms with van der Waals surface area (Å²) < 4.78 is 1.03. The second-order valence-corrected chi connectivity index (χ2v) is 7.33. The monoisotopic (exact) mass is 395 g/mol. The largest absolute Gasteiger partial charge is 0.340 e. The van der Waals surface area contributed by atoms with E-state index in [9.17, 15) is 0 Å². The summed E-state index contributed by atoms with van der Waals surface area (Å²) in [6.07, 6.45) is 1.61. The number of hydrogen-bond donors (Lipinski definition) is 1. The first-order valence-electron chi connectivity index (χ1n) is 7.52. The van der Waals surface area contributed by atoms with Crippen LogP contribution in [0.2, 0.25) is 0 Å². The quantitative estimate of drug-likeness (QED) is 0.450. The van der Waals surface area contributed by atoms with Crippen LogP contribution in [0.4, 0.5) is 11.5 Å². The minimum Gasteiger partial charge on any atom is -0.340 e. The Morgan fingerprint density at radius 1 is 1.04 bits per heavy atom. The van der Waals surface area contributed by atoms with E-state index < -0.39 is 0 Å². The maximum atomic E-state index is 4.48. The highest BCUT2D eigenvalue weighted by Crippen LogP contribution is 2.37. The third-order valence-electron chi connectivity index (χ3n) is 3.82. The number of benzene rings is 2. The summed E-state index contributed by atoms with van der Waals surface area (Å²) in [4.78, 5) is 9.88. The van der Waals surface area contributed by atoms with Crippen molar-refractivity contribution in [2.45, 2.75) is 6.92 Å². The number of fused-ring (bicyclic) bond motifs is 1. The van der Waals surface area contributed by atoms with Crippen LogP contribution in [0, 0.1) is 6.92 Å². The molecular weight excluding hydrogens is 382 g/mol. The van der Waals surface area contributed by atoms with E-state index in [4.69, 9.17) is 0 Å². The molecule has 2 aromatic heterocycles. The summed E-state index contributed by atoms with van der Waals surface area (Å²) >= 11 is 5.15. The van der Waals surface area contributed by atoms with Gasteiger partial charge in [-0.1, -0.05) is 51.8 Å². The van der Waals surface area contributed by atoms with Crippen LogP contribution in [0.3, 0.4) is 0 Å². The predicted octanol–water partition coefficient (Wildman–Crippen LogP) is 6.17. The van der Waals surface area contributed by atoms with Crippen molar-refractivity contribution in [2.75, 3.05) is 5.32 Å². The number of anilines is 2. The fraction of sp³-hybridized carbons (Fsp3) is 0.0526. The molecule has 0 atom stereocenters. The molecule has 0 spiro atoms. The maximum Gasteiger partial charge on any atom is 0.143 e. The first-order chi connectivity index (χ1) is 11.7. The van der Waals surface area contributed by atoms with E-state index in [-0.39, 0.29) is 0 Å². The molecule has 24 heavy (non-hydrogen) atoms. The summed E-state index contributed by atoms with van der Waals surface area (Å²) in [5.74, 6) is 0.829. The zero-order valence-corrected chi connectivity index (χ0v) is 15.4. The molecule has 0 radical (unpaired) electrons. The molecular formula is C19H14BrN3S. The molecule has 4 rings (SSSR count). The lowest BCUT2D eigenvalue weighted by Gasteiger charge is -2.09. The standard InChI is InChI=1S/C19H14BrN3S/c1-12-5-7-13(8-6-12)16-10-24-19-17(16)18(21-11-22-19)23-15-4-2-3-14(20)9-15/h2-11H,1H3,(H,21,22,23). The van der Waals surface area contributed by atoms with E-state index in [0.29, 0.717) is 0 Å². The second kappa shape index (κ2) is 6.34. The second-order valence-electron chi connectivity index (χ2n) is 5.55. The van der Waals surface area contributed by atoms with Crippen molar-refractivity contribution in [3.05, 3.63) is 70.3 Å². The average molecular weight is 396 g/mol. The van der Waals surface area contributed by atoms with Gasteiger partial charge in [0.1, 0.15) is 17.0 Å². The van der Waals surface area contributed by atoms with Crippen molar-refractivity contribution in [3.8, 4) is 11.1 Å². The fourth-order valence-electron chi connectivity index (χ4n) is 2.62. The third kappa shape index (κ3) is 2.92. The maximum absolute atomic E-state index is 4.48. The van der Waals surface area contributed by atoms with E-state index in [1.54, 1.807) is 17.7 Å². The van der Waals surface area contributed by atoms with Gasteiger partial charge in [0.25, 0.3) is 0 Å². The van der Waals surface area contributed by atoms with Crippen LogP contribution in [0.1, 0.15) is 5.56 Å². The van der Waals surface area contributed by atoms with Crippen LogP contribution in [0.15, 0.2) is 64.7 Å². The van der Waals surface area contributed by atoms with Gasteiger partial charge in [0.05, 0.1) is 5.39 Å². The molecule has 0 fully saturated rings. The molecule has 3 nitrogen and oxygen atoms in total. The van der Waals surface area contributed by atoms with E-state index in [2.05, 4.69) is 67.8 Å². The minimum absolute atomic E-state index is 0.829. The van der Waals surface area contributed by atoms with E-state index >= 15 is 0 Å². The van der Waals surface area contributed by atoms with E-state index in [1.807, 2.05) is 24.3 Å². The SMILES string of the molecule is Cc1ccc(-c2csc3ncnc(Nc4cccc(Br)c4)c23)cc1. The van der Waals surface area contributed by atoms with Crippen LogP contribution in [0.25, 0.3) is 21.3 Å². The number of nitrogens with zero attached hydrogens (tertiary/aromatic N) is 2. The number of halogens is 1. The minimum atomic E-state index is 0.829. The van der Waals surface area contributed by atoms with Crippen LogP contribution in [-0.4, -0.2) is 9.97 Å². The normalized spacial score (nSPS) is 10.9. The summed E-state index contributed by atoms with van der Waals surface area (Å²) in [5, 5.41) is 6.63. The molecule has 2 aromatic carbocycles. The van der Waals surface area contributed by atoms with Crippen molar-refractivity contribution in [3.63, 3.8) is 0 Å². The summed E-state index contributed by atoms with van der Waals surface area (Å²) in [5.41, 5.74) is 4.58.